The molecule has 0 spiro atoms. The minimum Gasteiger partial charge on any atom is -0.310 e. The highest BCUT2D eigenvalue weighted by atomic mass is 32.1. The summed E-state index contributed by atoms with van der Waals surface area (Å²) in [7, 11) is 0. The first-order valence-corrected chi connectivity index (χ1v) is 14.0. The minimum atomic E-state index is -0.0671. The van der Waals surface area contributed by atoms with Crippen molar-refractivity contribution in [1.82, 2.24) is 9.36 Å². The average molecular weight is 522 g/mol. The van der Waals surface area contributed by atoms with E-state index in [1.165, 1.54) is 45.2 Å². The lowest BCUT2D eigenvalue weighted by Crippen LogP contribution is -2.30. The predicted octanol–water partition coefficient (Wildman–Crippen LogP) is 9.65. The molecule has 39 heavy (non-hydrogen) atoms. The van der Waals surface area contributed by atoms with Gasteiger partial charge in [-0.15, -0.1) is 0 Å². The van der Waals surface area contributed by atoms with Gasteiger partial charge >= 0.3 is 0 Å². The summed E-state index contributed by atoms with van der Waals surface area (Å²) in [5.74, 6) is 0.757. The summed E-state index contributed by atoms with van der Waals surface area (Å²) in [5, 5.41) is 0.924. The minimum absolute atomic E-state index is 0.0671. The second-order valence-electron chi connectivity index (χ2n) is 10.4. The molecule has 0 aliphatic carbocycles. The topological polar surface area (TPSA) is 29.0 Å². The van der Waals surface area contributed by atoms with Gasteiger partial charge in [0.15, 0.2) is 5.82 Å². The summed E-state index contributed by atoms with van der Waals surface area (Å²) >= 11 is 1.44. The first-order chi connectivity index (χ1) is 19.1. The van der Waals surface area contributed by atoms with E-state index in [4.69, 9.17) is 9.36 Å². The van der Waals surface area contributed by atoms with E-state index in [2.05, 4.69) is 140 Å². The predicted molar refractivity (Wildman–Crippen MR) is 163 cm³/mol. The van der Waals surface area contributed by atoms with Crippen molar-refractivity contribution in [3.05, 3.63) is 139 Å². The molecule has 2 heterocycles. The molecule has 1 aromatic heterocycles. The molecule has 0 radical (unpaired) electrons. The number of benzene rings is 5. The Hall–Kier alpha value is -4.54. The van der Waals surface area contributed by atoms with E-state index >= 15 is 0 Å². The fourth-order valence-electron chi connectivity index (χ4n) is 5.63. The number of anilines is 3. The summed E-state index contributed by atoms with van der Waals surface area (Å²) in [6, 6.07) is 45.0. The van der Waals surface area contributed by atoms with Crippen molar-refractivity contribution in [2.24, 2.45) is 0 Å². The van der Waals surface area contributed by atoms with Crippen LogP contribution in [0.2, 0.25) is 0 Å². The third-order valence-corrected chi connectivity index (χ3v) is 8.43. The zero-order valence-electron chi connectivity index (χ0n) is 21.9. The molecular weight excluding hydrogens is 494 g/mol. The monoisotopic (exact) mass is 521 g/mol. The van der Waals surface area contributed by atoms with Gasteiger partial charge in [-0.2, -0.15) is 4.37 Å². The number of fused-ring (bicyclic) bond motifs is 2. The van der Waals surface area contributed by atoms with Gasteiger partial charge in [-0.1, -0.05) is 98.8 Å². The third kappa shape index (κ3) is 4.05. The van der Waals surface area contributed by atoms with Crippen LogP contribution in [0.4, 0.5) is 17.1 Å². The second-order valence-corrected chi connectivity index (χ2v) is 11.2. The third-order valence-electron chi connectivity index (χ3n) is 7.66. The highest BCUT2D eigenvalue weighted by Gasteiger charge is 2.36. The average Bonchev–Trinajstić information content (AvgIpc) is 3.49. The smallest absolute Gasteiger partial charge is 0.173 e. The molecule has 188 valence electrons. The van der Waals surface area contributed by atoms with Crippen molar-refractivity contribution in [2.45, 2.75) is 19.3 Å². The Bertz CT molecular complexity index is 1740. The number of hydrogen-bond donors (Lipinski definition) is 0. The molecule has 5 aromatic carbocycles. The molecule has 6 aromatic rings. The molecule has 0 N–H and O–H groups in total. The molecule has 1 aliphatic heterocycles. The molecule has 0 fully saturated rings. The van der Waals surface area contributed by atoms with Crippen LogP contribution in [-0.4, -0.2) is 9.36 Å². The molecule has 3 nitrogen and oxygen atoms in total. The SMILES string of the molecule is CC1(C)c2ccccc2N(c2ccc(-c3nsc(-c4cccc(-c5ccccc5)c4)n3)cc2)c2ccccc21. The van der Waals surface area contributed by atoms with E-state index in [0.29, 0.717) is 0 Å². The Labute approximate surface area is 233 Å². The van der Waals surface area contributed by atoms with E-state index in [0.717, 1.165) is 27.6 Å². The fraction of sp³-hybridized carbons (Fsp3) is 0.0857. The summed E-state index contributed by atoms with van der Waals surface area (Å²) in [6.45, 7) is 4.62. The van der Waals surface area contributed by atoms with E-state index < -0.39 is 0 Å². The molecule has 7 rings (SSSR count). The number of aromatic nitrogens is 2. The van der Waals surface area contributed by atoms with Gasteiger partial charge in [-0.05, 0) is 76.3 Å². The zero-order valence-corrected chi connectivity index (χ0v) is 22.7. The molecule has 0 bridgehead atoms. The molecule has 0 amide bonds. The van der Waals surface area contributed by atoms with E-state index in [1.807, 2.05) is 6.07 Å². The van der Waals surface area contributed by atoms with Crippen molar-refractivity contribution in [3.63, 3.8) is 0 Å². The van der Waals surface area contributed by atoms with Gasteiger partial charge < -0.3 is 4.90 Å². The van der Waals surface area contributed by atoms with Gasteiger partial charge in [0.2, 0.25) is 0 Å². The molecule has 0 unspecified atom stereocenters. The molecule has 0 atom stereocenters. The Morgan fingerprint density at radius 1 is 0.564 bits per heavy atom. The van der Waals surface area contributed by atoms with Crippen LogP contribution in [0.3, 0.4) is 0 Å². The van der Waals surface area contributed by atoms with Gasteiger partial charge in [0.25, 0.3) is 0 Å². The number of rotatable bonds is 4. The van der Waals surface area contributed by atoms with Crippen molar-refractivity contribution >= 4 is 28.6 Å². The maximum Gasteiger partial charge on any atom is 0.173 e. The second kappa shape index (κ2) is 9.33. The van der Waals surface area contributed by atoms with Crippen molar-refractivity contribution in [2.75, 3.05) is 4.90 Å². The summed E-state index contributed by atoms with van der Waals surface area (Å²) < 4.78 is 4.72. The van der Waals surface area contributed by atoms with Gasteiger partial charge in [0.05, 0.1) is 11.4 Å². The van der Waals surface area contributed by atoms with Gasteiger partial charge in [0.1, 0.15) is 5.01 Å². The van der Waals surface area contributed by atoms with Gasteiger partial charge in [0, 0.05) is 22.2 Å². The molecular formula is C35H27N3S. The van der Waals surface area contributed by atoms with Crippen LogP contribution in [0.5, 0.6) is 0 Å². The molecule has 4 heteroatoms. The van der Waals surface area contributed by atoms with Crippen LogP contribution < -0.4 is 4.90 Å². The molecule has 1 aliphatic rings. The molecule has 0 saturated heterocycles. The van der Waals surface area contributed by atoms with Crippen LogP contribution in [0.1, 0.15) is 25.0 Å². The van der Waals surface area contributed by atoms with Crippen molar-refractivity contribution < 1.29 is 0 Å². The zero-order chi connectivity index (χ0) is 26.4. The lowest BCUT2D eigenvalue weighted by molar-refractivity contribution is 0.632. The van der Waals surface area contributed by atoms with Gasteiger partial charge in [-0.3, -0.25) is 0 Å². The number of para-hydroxylation sites is 2. The van der Waals surface area contributed by atoms with E-state index in [-0.39, 0.29) is 5.41 Å². The first-order valence-electron chi connectivity index (χ1n) is 13.2. The van der Waals surface area contributed by atoms with Crippen LogP contribution in [0, 0.1) is 0 Å². The van der Waals surface area contributed by atoms with Crippen molar-refractivity contribution in [1.29, 1.82) is 0 Å². The Morgan fingerprint density at radius 2 is 1.15 bits per heavy atom. The maximum absolute atomic E-state index is 4.91. The first kappa shape index (κ1) is 23.6. The highest BCUT2D eigenvalue weighted by molar-refractivity contribution is 7.09. The van der Waals surface area contributed by atoms with Crippen LogP contribution in [-0.2, 0) is 5.41 Å². The lowest BCUT2D eigenvalue weighted by Gasteiger charge is -2.42. The van der Waals surface area contributed by atoms with E-state index in [1.54, 1.807) is 0 Å². The van der Waals surface area contributed by atoms with Crippen molar-refractivity contribution in [3.8, 4) is 33.1 Å². The summed E-state index contributed by atoms with van der Waals surface area (Å²) in [6.07, 6.45) is 0. The Balaban J connectivity index is 1.22. The number of hydrogen-bond acceptors (Lipinski definition) is 4. The lowest BCUT2D eigenvalue weighted by atomic mass is 9.73. The van der Waals surface area contributed by atoms with Crippen LogP contribution >= 0.6 is 11.5 Å². The van der Waals surface area contributed by atoms with Gasteiger partial charge in [-0.25, -0.2) is 4.98 Å². The largest absolute Gasteiger partial charge is 0.310 e. The summed E-state index contributed by atoms with van der Waals surface area (Å²) in [4.78, 5) is 7.28. The highest BCUT2D eigenvalue weighted by Crippen LogP contribution is 2.51. The van der Waals surface area contributed by atoms with E-state index in [9.17, 15) is 0 Å². The Kier molecular flexibility index (Phi) is 5.64. The fourth-order valence-corrected chi connectivity index (χ4v) is 6.31. The van der Waals surface area contributed by atoms with Crippen LogP contribution in [0.15, 0.2) is 127 Å². The Morgan fingerprint density at radius 3 is 1.85 bits per heavy atom. The van der Waals surface area contributed by atoms with Crippen LogP contribution in [0.25, 0.3) is 33.1 Å². The standard InChI is InChI=1S/C35H27N3S/c1-35(2)29-15-6-8-17-31(29)38(32-18-9-7-16-30(32)35)28-21-19-25(20-22-28)33-36-34(39-37-33)27-14-10-13-26(23-27)24-11-4-3-5-12-24/h3-23H,1-2H3. The number of nitrogens with zero attached hydrogens (tertiary/aromatic N) is 3. The summed E-state index contributed by atoms with van der Waals surface area (Å²) in [5.41, 5.74) is 10.6. The molecule has 0 saturated carbocycles. The normalized spacial score (nSPS) is 13.5. The maximum atomic E-state index is 4.91. The quantitative estimate of drug-likeness (QED) is 0.231.